The lowest BCUT2D eigenvalue weighted by Crippen LogP contribution is -1.94. The lowest BCUT2D eigenvalue weighted by atomic mass is 9.94. The van der Waals surface area contributed by atoms with Gasteiger partial charge in [0.15, 0.2) is 0 Å². The van der Waals surface area contributed by atoms with E-state index in [1.807, 2.05) is 0 Å². The van der Waals surface area contributed by atoms with Crippen LogP contribution in [0.4, 0.5) is 0 Å². The molecule has 6 heteroatoms. The third-order valence-electron chi connectivity index (χ3n) is 27.0. The van der Waals surface area contributed by atoms with Gasteiger partial charge in [-0.3, -0.25) is 0 Å². The number of hydrogen-bond acceptors (Lipinski definition) is 2. The summed E-state index contributed by atoms with van der Waals surface area (Å²) < 4.78 is 9.57. The summed E-state index contributed by atoms with van der Waals surface area (Å²) in [6.07, 6.45) is 0. The Morgan fingerprint density at radius 2 is 0.385 bits per heavy atom. The average molecular weight is 1650 g/mol. The first-order valence-electron chi connectivity index (χ1n) is 44.6. The van der Waals surface area contributed by atoms with Gasteiger partial charge < -0.3 is 18.3 Å². The first kappa shape index (κ1) is 74.1. The molecule has 130 heavy (non-hydrogen) atoms. The quantitative estimate of drug-likeness (QED) is 0.121. The Hall–Kier alpha value is -17.3. The molecular formula is C124H78N6. The standard InChI is InChI=1S/C65H41N3.C59H37N3/c1-2-13-50(14-3-1)67-60-20-10-7-16-53(60)57-40-48(33-38-62(57)67)49-34-39-63-58(41-49)54-17-8-11-21-61(54)68(63)51-35-30-45(31-36-51)43-24-22-42(23-25-43)44-26-28-47(29-27-44)65-56-37-32-46-12-4-5-15-52(46)64(56)55-18-6-9-19-59(55)66-65;1-2-15-44(16-3-1)61-54-23-10-7-19-47(54)51-36-42(30-33-56(51)61)43-31-34-57-52(37-43)48-20-8-11-24-55(48)62(57)45-17-12-14-41(35-45)38-25-27-40(28-26-38)59-50-32-29-39-13-4-5-18-46(39)58(50)49-21-6-9-22-53(49)60-59/h1-41H;1-37H. The van der Waals surface area contributed by atoms with E-state index in [1.165, 1.54) is 208 Å². The highest BCUT2D eigenvalue weighted by atomic mass is 15.0. The SMILES string of the molecule is c1ccc(-n2c3ccccc3c3cc(-c4ccc5c(c4)c4ccccc4n5-c4ccc(-c5ccc(-c6ccc(-c7nc8ccccc8c8c7ccc7ccccc78)cc6)cc5)cc4)ccc32)cc1.c1ccc(-n2c3ccccc3c3cc(-c4ccc5c(c4)c4ccccc4n5-c4cccc(-c5ccc(-c6nc7ccccc7c7c6ccc6ccccc67)cc5)c4)ccc32)cc1. The summed E-state index contributed by atoms with van der Waals surface area (Å²) in [5.41, 5.74) is 32.4. The molecule has 6 nitrogen and oxygen atoms in total. The monoisotopic (exact) mass is 1650 g/mol. The summed E-state index contributed by atoms with van der Waals surface area (Å²) in [6.45, 7) is 0. The van der Waals surface area contributed by atoms with Crippen LogP contribution in [-0.4, -0.2) is 28.2 Å². The van der Waals surface area contributed by atoms with Crippen molar-refractivity contribution >= 4 is 152 Å². The molecule has 0 aliphatic rings. The van der Waals surface area contributed by atoms with E-state index in [0.29, 0.717) is 0 Å². The van der Waals surface area contributed by atoms with Crippen LogP contribution in [0.5, 0.6) is 0 Å². The molecule has 21 aromatic carbocycles. The minimum atomic E-state index is 1.01. The van der Waals surface area contributed by atoms with Crippen molar-refractivity contribution in [2.24, 2.45) is 0 Å². The molecule has 0 saturated heterocycles. The van der Waals surface area contributed by atoms with Gasteiger partial charge in [0.1, 0.15) is 0 Å². The topological polar surface area (TPSA) is 45.5 Å². The van der Waals surface area contributed by atoms with Gasteiger partial charge in [-0.25, -0.2) is 9.97 Å². The highest BCUT2D eigenvalue weighted by molar-refractivity contribution is 6.25. The lowest BCUT2D eigenvalue weighted by molar-refractivity contribution is 1.18. The highest BCUT2D eigenvalue weighted by Crippen LogP contribution is 2.46. The van der Waals surface area contributed by atoms with Crippen LogP contribution in [0.2, 0.25) is 0 Å². The maximum atomic E-state index is 5.25. The third-order valence-corrected chi connectivity index (χ3v) is 27.0. The van der Waals surface area contributed by atoms with Gasteiger partial charge in [-0.15, -0.1) is 0 Å². The number of pyridine rings is 2. The molecule has 0 saturated carbocycles. The second-order valence-corrected chi connectivity index (χ2v) is 34.2. The van der Waals surface area contributed by atoms with Gasteiger partial charge >= 0.3 is 0 Å². The van der Waals surface area contributed by atoms with Crippen molar-refractivity contribution in [1.29, 1.82) is 0 Å². The summed E-state index contributed by atoms with van der Waals surface area (Å²) in [7, 11) is 0. The molecule has 0 aliphatic carbocycles. The smallest absolute Gasteiger partial charge is 0.0788 e. The predicted molar refractivity (Wildman–Crippen MR) is 549 cm³/mol. The normalized spacial score (nSPS) is 11.8. The number of rotatable bonds is 11. The molecule has 27 rings (SSSR count). The number of para-hydroxylation sites is 8. The number of hydrogen-bond donors (Lipinski definition) is 0. The molecule has 0 bridgehead atoms. The summed E-state index contributed by atoms with van der Waals surface area (Å²) in [5, 5.41) is 22.2. The van der Waals surface area contributed by atoms with Crippen molar-refractivity contribution in [2.45, 2.75) is 0 Å². The molecule has 0 unspecified atom stereocenters. The Morgan fingerprint density at radius 3 is 0.754 bits per heavy atom. The Labute approximate surface area is 749 Å². The molecule has 27 aromatic rings. The highest BCUT2D eigenvalue weighted by Gasteiger charge is 2.23. The van der Waals surface area contributed by atoms with Gasteiger partial charge in [-0.1, -0.05) is 340 Å². The van der Waals surface area contributed by atoms with Crippen molar-refractivity contribution in [3.63, 3.8) is 0 Å². The van der Waals surface area contributed by atoms with Crippen molar-refractivity contribution in [3.8, 4) is 101 Å². The van der Waals surface area contributed by atoms with Crippen LogP contribution >= 0.6 is 0 Å². The van der Waals surface area contributed by atoms with E-state index in [2.05, 4.69) is 491 Å². The molecule has 0 fully saturated rings. The summed E-state index contributed by atoms with van der Waals surface area (Å²) in [5.74, 6) is 0. The number of nitrogens with zero attached hydrogens (tertiary/aromatic N) is 6. The van der Waals surface area contributed by atoms with E-state index in [4.69, 9.17) is 9.97 Å². The predicted octanol–water partition coefficient (Wildman–Crippen LogP) is 33.1. The van der Waals surface area contributed by atoms with Gasteiger partial charge in [0.2, 0.25) is 0 Å². The van der Waals surface area contributed by atoms with Gasteiger partial charge in [-0.05, 0) is 211 Å². The zero-order chi connectivity index (χ0) is 85.4. The number of fused-ring (bicyclic) bond motifs is 22. The average Bonchev–Trinajstić information content (AvgIpc) is 1.62. The van der Waals surface area contributed by atoms with E-state index >= 15 is 0 Å². The van der Waals surface area contributed by atoms with Gasteiger partial charge in [-0.2, -0.15) is 0 Å². The van der Waals surface area contributed by atoms with Crippen LogP contribution in [0.1, 0.15) is 0 Å². The van der Waals surface area contributed by atoms with E-state index in [0.717, 1.165) is 44.9 Å². The maximum Gasteiger partial charge on any atom is 0.0788 e. The maximum absolute atomic E-state index is 5.25. The van der Waals surface area contributed by atoms with Crippen molar-refractivity contribution < 1.29 is 0 Å². The van der Waals surface area contributed by atoms with Gasteiger partial charge in [0.05, 0.1) is 66.6 Å². The van der Waals surface area contributed by atoms with Crippen molar-refractivity contribution in [3.05, 3.63) is 473 Å². The van der Waals surface area contributed by atoms with Crippen LogP contribution < -0.4 is 0 Å². The molecule has 0 radical (unpaired) electrons. The van der Waals surface area contributed by atoms with Gasteiger partial charge in [0, 0.05) is 109 Å². The van der Waals surface area contributed by atoms with Crippen LogP contribution in [0.15, 0.2) is 473 Å². The Kier molecular flexibility index (Phi) is 17.2. The molecule has 0 amide bonds. The second kappa shape index (κ2) is 30.2. The van der Waals surface area contributed by atoms with Crippen LogP contribution in [0.3, 0.4) is 0 Å². The zero-order valence-electron chi connectivity index (χ0n) is 70.7. The second-order valence-electron chi connectivity index (χ2n) is 34.2. The number of aromatic nitrogens is 6. The zero-order valence-corrected chi connectivity index (χ0v) is 70.7. The molecule has 0 aliphatic heterocycles. The molecular weight excluding hydrogens is 1570 g/mol. The van der Waals surface area contributed by atoms with Gasteiger partial charge in [0.25, 0.3) is 0 Å². The minimum Gasteiger partial charge on any atom is -0.309 e. The van der Waals surface area contributed by atoms with E-state index in [-0.39, 0.29) is 0 Å². The first-order chi connectivity index (χ1) is 64.5. The Morgan fingerprint density at radius 1 is 0.131 bits per heavy atom. The molecule has 0 atom stereocenters. The fourth-order valence-corrected chi connectivity index (χ4v) is 20.9. The lowest BCUT2D eigenvalue weighted by Gasteiger charge is -2.13. The molecule has 0 spiro atoms. The fraction of sp³-hybridized carbons (Fsp3) is 0. The number of benzene rings is 21. The summed E-state index contributed by atoms with van der Waals surface area (Å²) in [4.78, 5) is 10.5. The van der Waals surface area contributed by atoms with E-state index in [1.54, 1.807) is 0 Å². The molecule has 6 heterocycles. The molecule has 0 N–H and O–H groups in total. The Balaban J connectivity index is 0.000000137. The van der Waals surface area contributed by atoms with E-state index in [9.17, 15) is 0 Å². The van der Waals surface area contributed by atoms with Crippen LogP contribution in [-0.2, 0) is 0 Å². The van der Waals surface area contributed by atoms with Crippen molar-refractivity contribution in [1.82, 2.24) is 28.2 Å². The van der Waals surface area contributed by atoms with Crippen molar-refractivity contribution in [2.75, 3.05) is 0 Å². The summed E-state index contributed by atoms with van der Waals surface area (Å²) in [6, 6.07) is 172. The Bertz CT molecular complexity index is 9230. The molecule has 604 valence electrons. The first-order valence-corrected chi connectivity index (χ1v) is 44.6. The van der Waals surface area contributed by atoms with Crippen LogP contribution in [0, 0.1) is 0 Å². The third kappa shape index (κ3) is 12.2. The largest absolute Gasteiger partial charge is 0.309 e. The minimum absolute atomic E-state index is 1.01. The molecule has 6 aromatic heterocycles. The van der Waals surface area contributed by atoms with Crippen LogP contribution in [0.25, 0.3) is 253 Å². The fourth-order valence-electron chi connectivity index (χ4n) is 20.9. The summed E-state index contributed by atoms with van der Waals surface area (Å²) >= 11 is 0. The van der Waals surface area contributed by atoms with E-state index < -0.39 is 0 Å².